The molecular formula is C24H26N6O2. The number of carbonyl (C=O) groups is 1. The number of aryl methyl sites for hydroxylation is 1. The van der Waals surface area contributed by atoms with Crippen LogP contribution in [0.15, 0.2) is 48.9 Å². The maximum atomic E-state index is 12.4. The average Bonchev–Trinajstić information content (AvgIpc) is 3.35. The molecule has 4 heterocycles. The van der Waals surface area contributed by atoms with Gasteiger partial charge < -0.3 is 9.64 Å². The smallest absolute Gasteiger partial charge is 0.410 e. The number of pyridine rings is 1. The minimum Gasteiger partial charge on any atom is -0.444 e. The van der Waals surface area contributed by atoms with Crippen LogP contribution in [0.1, 0.15) is 37.9 Å². The Balaban J connectivity index is 1.56. The molecule has 0 spiro atoms. The number of H-pyrrole nitrogens is 1. The van der Waals surface area contributed by atoms with Gasteiger partial charge in [0.2, 0.25) is 0 Å². The molecule has 8 heteroatoms. The molecule has 0 aliphatic carbocycles. The predicted molar refractivity (Wildman–Crippen MR) is 122 cm³/mol. The first kappa shape index (κ1) is 20.2. The van der Waals surface area contributed by atoms with E-state index in [9.17, 15) is 4.79 Å². The topological polar surface area (TPSA) is 88.9 Å². The zero-order chi connectivity index (χ0) is 22.5. The molecule has 0 radical (unpaired) electrons. The van der Waals surface area contributed by atoms with Crippen molar-refractivity contribution in [3.8, 4) is 16.8 Å². The lowest BCUT2D eigenvalue weighted by atomic mass is 9.92. The van der Waals surface area contributed by atoms with E-state index in [1.807, 2.05) is 49.8 Å². The van der Waals surface area contributed by atoms with Crippen LogP contribution in [0.25, 0.3) is 27.8 Å². The number of carbonyl (C=O) groups excluding carboxylic acids is 1. The number of fused-ring (bicyclic) bond motifs is 1. The van der Waals surface area contributed by atoms with Crippen LogP contribution in [-0.2, 0) is 4.74 Å². The first-order valence-electron chi connectivity index (χ1n) is 10.7. The van der Waals surface area contributed by atoms with Crippen molar-refractivity contribution in [1.82, 2.24) is 29.9 Å². The van der Waals surface area contributed by atoms with Crippen LogP contribution in [0.3, 0.4) is 0 Å². The minimum atomic E-state index is -0.514. The molecular weight excluding hydrogens is 404 g/mol. The van der Waals surface area contributed by atoms with E-state index < -0.39 is 5.60 Å². The molecule has 3 aromatic heterocycles. The third-order valence-electron chi connectivity index (χ3n) is 5.60. The average molecular weight is 431 g/mol. The molecule has 0 bridgehead atoms. The fraction of sp³-hybridized carbons (Fsp3) is 0.333. The molecule has 1 amide bonds. The third-order valence-corrected chi connectivity index (χ3v) is 5.60. The first-order valence-corrected chi connectivity index (χ1v) is 10.7. The van der Waals surface area contributed by atoms with Crippen molar-refractivity contribution >= 4 is 17.1 Å². The van der Waals surface area contributed by atoms with Gasteiger partial charge in [-0.2, -0.15) is 10.2 Å². The molecule has 1 aliphatic heterocycles. The zero-order valence-corrected chi connectivity index (χ0v) is 18.7. The Kier molecular flexibility index (Phi) is 4.73. The Bertz CT molecular complexity index is 1260. The molecule has 4 aromatic rings. The van der Waals surface area contributed by atoms with E-state index >= 15 is 0 Å². The molecule has 5 rings (SSSR count). The number of amides is 1. The summed E-state index contributed by atoms with van der Waals surface area (Å²) in [5.74, 6) is 0.103. The molecule has 1 saturated heterocycles. The van der Waals surface area contributed by atoms with Crippen LogP contribution in [0.5, 0.6) is 0 Å². The van der Waals surface area contributed by atoms with Crippen molar-refractivity contribution in [3.05, 3.63) is 60.2 Å². The lowest BCUT2D eigenvalue weighted by Gasteiger charge is -2.39. The van der Waals surface area contributed by atoms with Crippen LogP contribution in [-0.4, -0.2) is 54.6 Å². The van der Waals surface area contributed by atoms with Crippen LogP contribution in [0.2, 0.25) is 0 Å². The normalized spacial score (nSPS) is 14.6. The van der Waals surface area contributed by atoms with Crippen LogP contribution in [0.4, 0.5) is 4.79 Å². The van der Waals surface area contributed by atoms with E-state index in [-0.39, 0.29) is 12.0 Å². The second-order valence-electron chi connectivity index (χ2n) is 9.26. The predicted octanol–water partition coefficient (Wildman–Crippen LogP) is 4.45. The molecule has 32 heavy (non-hydrogen) atoms. The fourth-order valence-electron chi connectivity index (χ4n) is 3.99. The van der Waals surface area contributed by atoms with Crippen molar-refractivity contribution in [1.29, 1.82) is 0 Å². The number of ether oxygens (including phenoxy) is 1. The van der Waals surface area contributed by atoms with Gasteiger partial charge in [-0.15, -0.1) is 0 Å². The largest absolute Gasteiger partial charge is 0.444 e. The second-order valence-corrected chi connectivity index (χ2v) is 9.26. The van der Waals surface area contributed by atoms with E-state index in [0.717, 1.165) is 33.5 Å². The van der Waals surface area contributed by atoms with Gasteiger partial charge in [-0.25, -0.2) is 14.5 Å². The molecule has 1 N–H and O–H groups in total. The highest BCUT2D eigenvalue weighted by Crippen LogP contribution is 2.37. The lowest BCUT2D eigenvalue weighted by Crippen LogP contribution is -2.50. The van der Waals surface area contributed by atoms with Gasteiger partial charge in [-0.3, -0.25) is 5.10 Å². The van der Waals surface area contributed by atoms with Crippen molar-refractivity contribution in [2.75, 3.05) is 13.1 Å². The van der Waals surface area contributed by atoms with Crippen LogP contribution >= 0.6 is 0 Å². The highest BCUT2D eigenvalue weighted by atomic mass is 16.6. The Morgan fingerprint density at radius 2 is 1.91 bits per heavy atom. The number of nitrogens with zero attached hydrogens (tertiary/aromatic N) is 5. The van der Waals surface area contributed by atoms with Gasteiger partial charge in [0.05, 0.1) is 23.0 Å². The Morgan fingerprint density at radius 3 is 2.56 bits per heavy atom. The van der Waals surface area contributed by atoms with Crippen LogP contribution in [0, 0.1) is 6.92 Å². The van der Waals surface area contributed by atoms with Crippen molar-refractivity contribution in [2.24, 2.45) is 0 Å². The molecule has 0 unspecified atom stereocenters. The number of likely N-dealkylation sites (tertiary alicyclic amines) is 1. The summed E-state index contributed by atoms with van der Waals surface area (Å²) in [6.07, 6.45) is 5.18. The summed E-state index contributed by atoms with van der Waals surface area (Å²) in [6, 6.07) is 10.2. The summed E-state index contributed by atoms with van der Waals surface area (Å²) in [4.78, 5) is 18.8. The molecule has 1 aromatic carbocycles. The molecule has 8 nitrogen and oxygen atoms in total. The fourth-order valence-corrected chi connectivity index (χ4v) is 3.99. The number of aromatic nitrogens is 5. The van der Waals surface area contributed by atoms with Gasteiger partial charge in [0, 0.05) is 37.0 Å². The number of benzene rings is 1. The van der Waals surface area contributed by atoms with Crippen molar-refractivity contribution in [3.63, 3.8) is 0 Å². The van der Waals surface area contributed by atoms with E-state index in [1.54, 1.807) is 17.3 Å². The number of hydrogen-bond donors (Lipinski definition) is 1. The molecule has 1 aliphatic rings. The summed E-state index contributed by atoms with van der Waals surface area (Å²) >= 11 is 0. The van der Waals surface area contributed by atoms with Crippen molar-refractivity contribution < 1.29 is 9.53 Å². The lowest BCUT2D eigenvalue weighted by molar-refractivity contribution is 0.00795. The summed E-state index contributed by atoms with van der Waals surface area (Å²) < 4.78 is 7.41. The van der Waals surface area contributed by atoms with E-state index in [0.29, 0.717) is 13.1 Å². The Morgan fingerprint density at radius 1 is 1.16 bits per heavy atom. The summed E-state index contributed by atoms with van der Waals surface area (Å²) in [6.45, 7) is 8.82. The highest BCUT2D eigenvalue weighted by Gasteiger charge is 2.38. The summed E-state index contributed by atoms with van der Waals surface area (Å²) in [7, 11) is 0. The summed E-state index contributed by atoms with van der Waals surface area (Å²) in [5, 5.41) is 13.0. The van der Waals surface area contributed by atoms with E-state index in [1.165, 1.54) is 5.56 Å². The molecule has 0 atom stereocenters. The van der Waals surface area contributed by atoms with E-state index in [4.69, 9.17) is 9.84 Å². The Hall–Kier alpha value is -3.68. The van der Waals surface area contributed by atoms with Gasteiger partial charge in [0.25, 0.3) is 0 Å². The number of hydrogen-bond acceptors (Lipinski definition) is 5. The quantitative estimate of drug-likeness (QED) is 0.519. The number of rotatable bonds is 3. The highest BCUT2D eigenvalue weighted by molar-refractivity contribution is 5.95. The monoisotopic (exact) mass is 430 g/mol. The second kappa shape index (κ2) is 7.47. The SMILES string of the molecule is Cc1ccc(-n2nc(C3CN(C(=O)OC(C)(C)C)C3)c3c(-c4cn[nH]c4)ccnc32)cc1. The number of aromatic amines is 1. The summed E-state index contributed by atoms with van der Waals surface area (Å²) in [5.41, 5.74) is 5.35. The molecule has 164 valence electrons. The molecule has 0 saturated carbocycles. The van der Waals surface area contributed by atoms with Crippen molar-refractivity contribution in [2.45, 2.75) is 39.2 Å². The van der Waals surface area contributed by atoms with Gasteiger partial charge in [0.15, 0.2) is 5.65 Å². The first-order chi connectivity index (χ1) is 15.3. The Labute approximate surface area is 186 Å². The van der Waals surface area contributed by atoms with E-state index in [2.05, 4.69) is 34.2 Å². The third kappa shape index (κ3) is 3.62. The maximum absolute atomic E-state index is 12.4. The molecule has 1 fully saturated rings. The van der Waals surface area contributed by atoms with Gasteiger partial charge in [-0.1, -0.05) is 17.7 Å². The van der Waals surface area contributed by atoms with Gasteiger partial charge in [-0.05, 0) is 51.5 Å². The van der Waals surface area contributed by atoms with Crippen LogP contribution < -0.4 is 0 Å². The van der Waals surface area contributed by atoms with Gasteiger partial charge >= 0.3 is 6.09 Å². The van der Waals surface area contributed by atoms with Gasteiger partial charge in [0.1, 0.15) is 5.60 Å². The standard InChI is InChI=1S/C24H26N6O2/c1-15-5-7-18(8-6-15)30-22-20(19(9-10-25-22)16-11-26-27-12-16)21(28-30)17-13-29(14-17)23(31)32-24(2,3)4/h5-12,17H,13-14H2,1-4H3,(H,26,27). The maximum Gasteiger partial charge on any atom is 0.410 e. The zero-order valence-electron chi connectivity index (χ0n) is 18.7. The number of nitrogens with one attached hydrogen (secondary N) is 1. The minimum absolute atomic E-state index is 0.103.